The Morgan fingerprint density at radius 3 is 2.27 bits per heavy atom. The number of benzene rings is 1. The van der Waals surface area contributed by atoms with Gasteiger partial charge in [-0.3, -0.25) is 9.58 Å². The fourth-order valence-corrected chi connectivity index (χ4v) is 5.08. The number of aliphatic carboxylic acids is 1. The molecule has 0 radical (unpaired) electrons. The van der Waals surface area contributed by atoms with Gasteiger partial charge < -0.3 is 15.3 Å². The van der Waals surface area contributed by atoms with Crippen molar-refractivity contribution in [2.45, 2.75) is 70.4 Å². The molecule has 7 nitrogen and oxygen atoms in total. The van der Waals surface area contributed by atoms with Crippen LogP contribution < -0.4 is 10.2 Å². The first kappa shape index (κ1) is 31.7. The first-order chi connectivity index (χ1) is 18.8. The molecule has 2 aliphatic rings. The van der Waals surface area contributed by atoms with Gasteiger partial charge in [0, 0.05) is 38.4 Å². The molecule has 0 atom stereocenters. The van der Waals surface area contributed by atoms with Crippen LogP contribution in [0, 0.1) is 6.92 Å². The summed E-state index contributed by atoms with van der Waals surface area (Å²) in [5.41, 5.74) is 2.49. The number of nitrogens with zero attached hydrogens (tertiary/aromatic N) is 4. The molecule has 0 amide bonds. The van der Waals surface area contributed by atoms with E-state index in [0.717, 1.165) is 70.4 Å². The highest BCUT2D eigenvalue weighted by atomic mass is 19.4. The number of unbranched alkanes of at least 4 members (excludes halogenated alkanes) is 1. The molecule has 4 rings (SSSR count). The van der Waals surface area contributed by atoms with Crippen LogP contribution in [0.1, 0.15) is 61.5 Å². The number of anilines is 1. The highest BCUT2D eigenvalue weighted by Crippen LogP contribution is 2.32. The lowest BCUT2D eigenvalue weighted by Crippen LogP contribution is -2.46. The number of alkyl halides is 6. The van der Waals surface area contributed by atoms with E-state index in [4.69, 9.17) is 15.0 Å². The average Bonchev–Trinajstić information content (AvgIpc) is 3.55. The van der Waals surface area contributed by atoms with Crippen LogP contribution in [0.4, 0.5) is 32.0 Å². The number of hydrogen-bond acceptors (Lipinski definition) is 5. The van der Waals surface area contributed by atoms with Crippen molar-refractivity contribution in [3.05, 3.63) is 47.3 Å². The highest BCUT2D eigenvalue weighted by molar-refractivity contribution is 5.73. The number of carboxylic acids is 1. The Kier molecular flexibility index (Phi) is 11.3. The molecule has 2 fully saturated rings. The molecule has 0 bridgehead atoms. The minimum Gasteiger partial charge on any atom is -0.475 e. The molecule has 2 N–H and O–H groups in total. The van der Waals surface area contributed by atoms with Gasteiger partial charge in [0.25, 0.3) is 0 Å². The van der Waals surface area contributed by atoms with Gasteiger partial charge in [0.2, 0.25) is 0 Å². The second-order valence-electron chi connectivity index (χ2n) is 10.2. The number of carbonyl (C=O) groups is 1. The minimum atomic E-state index is -5.08. The van der Waals surface area contributed by atoms with E-state index in [-0.39, 0.29) is 0 Å². The zero-order valence-corrected chi connectivity index (χ0v) is 22.6. The van der Waals surface area contributed by atoms with Crippen molar-refractivity contribution >= 4 is 11.7 Å². The smallest absolute Gasteiger partial charge is 0.475 e. The lowest BCUT2D eigenvalue weighted by atomic mass is 10.1. The first-order valence-electron chi connectivity index (χ1n) is 13.5. The maximum absolute atomic E-state index is 13.0. The third kappa shape index (κ3) is 9.69. The van der Waals surface area contributed by atoms with E-state index in [1.807, 2.05) is 0 Å². The molecule has 224 valence electrons. The molecule has 1 aliphatic heterocycles. The summed E-state index contributed by atoms with van der Waals surface area (Å²) in [6.45, 7) is 8.28. The highest BCUT2D eigenvalue weighted by Gasteiger charge is 2.38. The molecule has 2 heterocycles. The zero-order valence-electron chi connectivity index (χ0n) is 22.6. The fraction of sp³-hybridized carbons (Fsp3) is 0.630. The van der Waals surface area contributed by atoms with Crippen LogP contribution in [-0.2, 0) is 17.5 Å². The number of halogens is 6. The molecule has 0 unspecified atom stereocenters. The van der Waals surface area contributed by atoms with E-state index in [1.165, 1.54) is 43.5 Å². The van der Waals surface area contributed by atoms with Crippen LogP contribution in [0.15, 0.2) is 30.3 Å². The molecule has 1 saturated heterocycles. The third-order valence-corrected chi connectivity index (χ3v) is 7.14. The zero-order chi connectivity index (χ0) is 29.3. The molecular weight excluding hydrogens is 540 g/mol. The van der Waals surface area contributed by atoms with E-state index in [0.29, 0.717) is 11.7 Å². The summed E-state index contributed by atoms with van der Waals surface area (Å²) in [7, 11) is 0. The predicted molar refractivity (Wildman–Crippen MR) is 139 cm³/mol. The Bertz CT molecular complexity index is 1070. The number of rotatable bonds is 9. The average molecular weight is 578 g/mol. The largest absolute Gasteiger partial charge is 0.490 e. The lowest BCUT2D eigenvalue weighted by Gasteiger charge is -2.36. The van der Waals surface area contributed by atoms with E-state index < -0.39 is 23.9 Å². The molecule has 2 aromatic rings. The van der Waals surface area contributed by atoms with Crippen LogP contribution >= 0.6 is 0 Å². The van der Waals surface area contributed by atoms with Gasteiger partial charge in [-0.25, -0.2) is 4.79 Å². The quantitative estimate of drug-likeness (QED) is 0.297. The van der Waals surface area contributed by atoms with Gasteiger partial charge in [0.05, 0.1) is 23.0 Å². The Hall–Kier alpha value is -2.80. The number of nitrogens with one attached hydrogen (secondary N) is 1. The van der Waals surface area contributed by atoms with Crippen LogP contribution in [0.5, 0.6) is 0 Å². The molecule has 0 spiro atoms. The van der Waals surface area contributed by atoms with Gasteiger partial charge in [0.1, 0.15) is 0 Å². The van der Waals surface area contributed by atoms with Crippen LogP contribution in [0.3, 0.4) is 0 Å². The number of aromatic nitrogens is 2. The third-order valence-electron chi connectivity index (χ3n) is 7.14. The number of piperazine rings is 1. The van der Waals surface area contributed by atoms with E-state index in [1.54, 1.807) is 6.07 Å². The number of carboxylic acid groups (broad SMARTS) is 1. The summed E-state index contributed by atoms with van der Waals surface area (Å²) >= 11 is 0. The Morgan fingerprint density at radius 2 is 1.68 bits per heavy atom. The molecule has 1 aromatic heterocycles. The van der Waals surface area contributed by atoms with Crippen molar-refractivity contribution in [3.63, 3.8) is 0 Å². The molecule has 40 heavy (non-hydrogen) atoms. The minimum absolute atomic E-state index is 0.573. The summed E-state index contributed by atoms with van der Waals surface area (Å²) < 4.78 is 72.9. The Labute approximate surface area is 230 Å². The van der Waals surface area contributed by atoms with Gasteiger partial charge >= 0.3 is 18.3 Å². The Balaban J connectivity index is 0.000000559. The van der Waals surface area contributed by atoms with Crippen molar-refractivity contribution in [1.82, 2.24) is 20.0 Å². The van der Waals surface area contributed by atoms with E-state index >= 15 is 0 Å². The fourth-order valence-electron chi connectivity index (χ4n) is 5.08. The normalized spacial score (nSPS) is 17.1. The number of aryl methyl sites for hydroxylation is 1. The first-order valence-corrected chi connectivity index (χ1v) is 13.5. The molecule has 1 aromatic carbocycles. The van der Waals surface area contributed by atoms with E-state index in [9.17, 15) is 26.3 Å². The van der Waals surface area contributed by atoms with Crippen LogP contribution in [0.2, 0.25) is 0 Å². The maximum Gasteiger partial charge on any atom is 0.490 e. The number of hydrogen-bond donors (Lipinski definition) is 2. The van der Waals surface area contributed by atoms with E-state index in [2.05, 4.69) is 32.8 Å². The monoisotopic (exact) mass is 577 g/mol. The summed E-state index contributed by atoms with van der Waals surface area (Å²) in [4.78, 5) is 13.4. The SMILES string of the molecule is Cc1cc(CNCCCCN2CCN(c3cccc(C(F)(F)F)c3)CC2)n(C2CCCC2)n1.O=C(O)C(F)(F)F. The van der Waals surface area contributed by atoms with Gasteiger partial charge in [-0.2, -0.15) is 31.4 Å². The second-order valence-corrected chi connectivity index (χ2v) is 10.2. The van der Waals surface area contributed by atoms with Gasteiger partial charge in [0.15, 0.2) is 0 Å². The van der Waals surface area contributed by atoms with Gasteiger partial charge in [-0.1, -0.05) is 18.9 Å². The standard InChI is InChI=1S/C25H36F3N5.C2HF3O2/c1-20-17-24(33(30-20)22-8-2-3-9-22)19-29-11-4-5-12-31-13-15-32(16-14-31)23-10-6-7-21(18-23)25(26,27)28;3-2(4,5)1(6)7/h6-7,10,17-18,22,29H,2-5,8-9,11-16,19H2,1H3;(H,6,7). The summed E-state index contributed by atoms with van der Waals surface area (Å²) in [5.74, 6) is -2.76. The Morgan fingerprint density at radius 1 is 1.02 bits per heavy atom. The molecule has 13 heteroatoms. The summed E-state index contributed by atoms with van der Waals surface area (Å²) in [6, 6.07) is 8.45. The topological polar surface area (TPSA) is 73.6 Å². The summed E-state index contributed by atoms with van der Waals surface area (Å²) in [5, 5.41) is 15.4. The molecular formula is C27H37F6N5O2. The van der Waals surface area contributed by atoms with Crippen LogP contribution in [0.25, 0.3) is 0 Å². The molecule has 1 saturated carbocycles. The van der Waals surface area contributed by atoms with Crippen molar-refractivity contribution in [2.24, 2.45) is 0 Å². The van der Waals surface area contributed by atoms with Crippen molar-refractivity contribution in [1.29, 1.82) is 0 Å². The van der Waals surface area contributed by atoms with Crippen LogP contribution in [-0.4, -0.2) is 71.2 Å². The van der Waals surface area contributed by atoms with Crippen molar-refractivity contribution in [2.75, 3.05) is 44.2 Å². The van der Waals surface area contributed by atoms with Gasteiger partial charge in [-0.15, -0.1) is 0 Å². The maximum atomic E-state index is 13.0. The van der Waals surface area contributed by atoms with Crippen molar-refractivity contribution in [3.8, 4) is 0 Å². The molecule has 1 aliphatic carbocycles. The van der Waals surface area contributed by atoms with Gasteiger partial charge in [-0.05, 0) is 70.0 Å². The predicted octanol–water partition coefficient (Wildman–Crippen LogP) is 5.65. The lowest BCUT2D eigenvalue weighted by molar-refractivity contribution is -0.192. The second kappa shape index (κ2) is 14.2. The van der Waals surface area contributed by atoms with Crippen molar-refractivity contribution < 1.29 is 36.2 Å². The summed E-state index contributed by atoms with van der Waals surface area (Å²) in [6.07, 6.45) is -2.03.